The Morgan fingerprint density at radius 1 is 1.25 bits per heavy atom. The summed E-state index contributed by atoms with van der Waals surface area (Å²) < 4.78 is 5.80. The van der Waals surface area contributed by atoms with Crippen LogP contribution in [0.5, 0.6) is 0 Å². The van der Waals surface area contributed by atoms with Crippen LogP contribution in [0.25, 0.3) is 21.5 Å². The topological polar surface area (TPSA) is 55.1 Å². The summed E-state index contributed by atoms with van der Waals surface area (Å²) >= 11 is 3.09. The number of thiophene rings is 1. The zero-order valence-electron chi connectivity index (χ0n) is 12.9. The van der Waals surface area contributed by atoms with Gasteiger partial charge in [-0.05, 0) is 30.5 Å². The largest absolute Gasteiger partial charge is 0.459 e. The quantitative estimate of drug-likeness (QED) is 0.554. The minimum Gasteiger partial charge on any atom is -0.459 e. The van der Waals surface area contributed by atoms with Gasteiger partial charge in [0.2, 0.25) is 0 Å². The van der Waals surface area contributed by atoms with Crippen molar-refractivity contribution in [2.24, 2.45) is 0 Å². The van der Waals surface area contributed by atoms with Gasteiger partial charge in [0.15, 0.2) is 0 Å². The first-order chi connectivity index (χ1) is 11.7. The first-order valence-corrected chi connectivity index (χ1v) is 9.30. The molecule has 6 heteroatoms. The van der Waals surface area contributed by atoms with Crippen LogP contribution in [0, 0.1) is 0 Å². The molecule has 3 heterocycles. The van der Waals surface area contributed by atoms with E-state index in [2.05, 4.69) is 10.3 Å². The van der Waals surface area contributed by atoms with Crippen LogP contribution in [0.2, 0.25) is 0 Å². The maximum atomic E-state index is 12.4. The van der Waals surface area contributed by atoms with E-state index < -0.39 is 0 Å². The summed E-state index contributed by atoms with van der Waals surface area (Å²) in [5.41, 5.74) is 2.31. The Kier molecular flexibility index (Phi) is 3.92. The van der Waals surface area contributed by atoms with E-state index in [0.29, 0.717) is 5.69 Å². The lowest BCUT2D eigenvalue weighted by Gasteiger charge is -2.09. The Bertz CT molecular complexity index is 952. The van der Waals surface area contributed by atoms with Crippen molar-refractivity contribution < 1.29 is 9.21 Å². The number of rotatable bonds is 4. The number of hydrogen-bond donors (Lipinski definition) is 1. The normalized spacial score (nSPS) is 12.4. The molecule has 0 radical (unpaired) electrons. The molecule has 0 aliphatic rings. The molecular formula is C18H14N2O2S2. The third-order valence-electron chi connectivity index (χ3n) is 3.72. The predicted molar refractivity (Wildman–Crippen MR) is 97.5 cm³/mol. The van der Waals surface area contributed by atoms with Crippen molar-refractivity contribution in [2.75, 3.05) is 0 Å². The third kappa shape index (κ3) is 2.86. The minimum atomic E-state index is -0.226. The van der Waals surface area contributed by atoms with Gasteiger partial charge in [0.25, 0.3) is 5.91 Å². The van der Waals surface area contributed by atoms with E-state index in [9.17, 15) is 4.79 Å². The maximum Gasteiger partial charge on any atom is 0.271 e. The number of amides is 1. The molecule has 4 rings (SSSR count). The van der Waals surface area contributed by atoms with Crippen LogP contribution in [0.15, 0.2) is 57.0 Å². The van der Waals surface area contributed by atoms with Crippen LogP contribution in [0.4, 0.5) is 0 Å². The number of nitrogens with zero attached hydrogens (tertiary/aromatic N) is 1. The van der Waals surface area contributed by atoms with Crippen LogP contribution in [-0.2, 0) is 0 Å². The summed E-state index contributed by atoms with van der Waals surface area (Å²) in [5.74, 6) is 0.540. The lowest BCUT2D eigenvalue weighted by molar-refractivity contribution is 0.0931. The molecule has 0 bridgehead atoms. The lowest BCUT2D eigenvalue weighted by atomic mass is 10.2. The second-order valence-corrected chi connectivity index (χ2v) is 7.07. The summed E-state index contributed by atoms with van der Waals surface area (Å²) in [6, 6.07) is 11.5. The third-order valence-corrected chi connectivity index (χ3v) is 5.30. The van der Waals surface area contributed by atoms with Crippen molar-refractivity contribution in [2.45, 2.75) is 13.0 Å². The van der Waals surface area contributed by atoms with Gasteiger partial charge in [-0.3, -0.25) is 4.79 Å². The molecule has 120 valence electrons. The number of para-hydroxylation sites is 1. The van der Waals surface area contributed by atoms with E-state index in [0.717, 1.165) is 27.3 Å². The first-order valence-electron chi connectivity index (χ1n) is 7.48. The van der Waals surface area contributed by atoms with Crippen LogP contribution >= 0.6 is 22.7 Å². The molecule has 4 aromatic rings. The number of nitrogens with one attached hydrogen (secondary N) is 1. The average molecular weight is 354 g/mol. The number of fused-ring (bicyclic) bond motifs is 1. The van der Waals surface area contributed by atoms with E-state index in [1.54, 1.807) is 16.7 Å². The number of carbonyl (C=O) groups is 1. The summed E-state index contributed by atoms with van der Waals surface area (Å²) in [4.78, 5) is 16.8. The lowest BCUT2D eigenvalue weighted by Crippen LogP contribution is -2.26. The fourth-order valence-electron chi connectivity index (χ4n) is 2.45. The van der Waals surface area contributed by atoms with E-state index in [4.69, 9.17) is 4.42 Å². The van der Waals surface area contributed by atoms with Crippen molar-refractivity contribution in [1.29, 1.82) is 0 Å². The summed E-state index contributed by atoms with van der Waals surface area (Å²) in [5, 5.41) is 10.6. The molecule has 1 N–H and O–H groups in total. The van der Waals surface area contributed by atoms with E-state index in [1.807, 2.05) is 54.1 Å². The summed E-state index contributed by atoms with van der Waals surface area (Å²) in [6.45, 7) is 1.90. The van der Waals surface area contributed by atoms with Gasteiger partial charge >= 0.3 is 0 Å². The number of thiazole rings is 1. The number of furan rings is 1. The molecule has 1 amide bonds. The van der Waals surface area contributed by atoms with Gasteiger partial charge in [0.1, 0.15) is 22.0 Å². The fraction of sp³-hybridized carbons (Fsp3) is 0.111. The second-order valence-electron chi connectivity index (χ2n) is 5.43. The van der Waals surface area contributed by atoms with Crippen LogP contribution in [0.1, 0.15) is 29.2 Å². The highest BCUT2D eigenvalue weighted by molar-refractivity contribution is 7.14. The van der Waals surface area contributed by atoms with Crippen molar-refractivity contribution >= 4 is 39.5 Å². The highest BCUT2D eigenvalue weighted by Crippen LogP contribution is 2.27. The Morgan fingerprint density at radius 3 is 2.92 bits per heavy atom. The number of carbonyl (C=O) groups excluding carboxylic acids is 1. The molecule has 0 aliphatic heterocycles. The predicted octanol–water partition coefficient (Wildman–Crippen LogP) is 5.11. The fourth-order valence-corrected chi connectivity index (χ4v) is 3.97. The molecule has 1 atom stereocenters. The van der Waals surface area contributed by atoms with Gasteiger partial charge in [-0.2, -0.15) is 11.3 Å². The molecular weight excluding hydrogens is 340 g/mol. The highest BCUT2D eigenvalue weighted by Gasteiger charge is 2.17. The van der Waals surface area contributed by atoms with Crippen molar-refractivity contribution in [1.82, 2.24) is 10.3 Å². The molecule has 24 heavy (non-hydrogen) atoms. The van der Waals surface area contributed by atoms with Crippen LogP contribution in [0.3, 0.4) is 0 Å². The van der Waals surface area contributed by atoms with Crippen molar-refractivity contribution in [3.8, 4) is 10.6 Å². The molecule has 4 nitrogen and oxygen atoms in total. The van der Waals surface area contributed by atoms with Crippen molar-refractivity contribution in [3.63, 3.8) is 0 Å². The average Bonchev–Trinajstić information content (AvgIpc) is 3.32. The monoisotopic (exact) mass is 354 g/mol. The van der Waals surface area contributed by atoms with Gasteiger partial charge in [-0.15, -0.1) is 11.3 Å². The summed E-state index contributed by atoms with van der Waals surface area (Å²) in [7, 11) is 0. The molecule has 0 unspecified atom stereocenters. The maximum absolute atomic E-state index is 12.4. The van der Waals surface area contributed by atoms with Crippen LogP contribution in [-0.4, -0.2) is 10.9 Å². The van der Waals surface area contributed by atoms with Gasteiger partial charge in [0, 0.05) is 21.7 Å². The number of aromatic nitrogens is 1. The Hall–Kier alpha value is -2.44. The molecule has 0 aliphatic carbocycles. The van der Waals surface area contributed by atoms with Gasteiger partial charge in [-0.25, -0.2) is 4.98 Å². The van der Waals surface area contributed by atoms with Gasteiger partial charge < -0.3 is 9.73 Å². The van der Waals surface area contributed by atoms with Gasteiger partial charge in [-0.1, -0.05) is 18.2 Å². The molecule has 0 saturated carbocycles. The molecule has 0 fully saturated rings. The summed E-state index contributed by atoms with van der Waals surface area (Å²) in [6.07, 6.45) is 0. The SMILES string of the molecule is C[C@H](NC(=O)c1csc(-c2ccsc2)n1)c1cc2ccccc2o1. The zero-order valence-corrected chi connectivity index (χ0v) is 14.5. The minimum absolute atomic E-state index is 0.194. The molecule has 1 aromatic carbocycles. The van der Waals surface area contributed by atoms with Gasteiger partial charge in [0.05, 0.1) is 6.04 Å². The first kappa shape index (κ1) is 15.1. The molecule has 3 aromatic heterocycles. The number of hydrogen-bond acceptors (Lipinski definition) is 5. The standard InChI is InChI=1S/C18H14N2O2S2/c1-11(16-8-12-4-2-3-5-15(12)22-16)19-17(21)14-10-24-18(20-14)13-6-7-23-9-13/h2-11H,1H3,(H,19,21)/t11-/m0/s1. The van der Waals surface area contributed by atoms with E-state index >= 15 is 0 Å². The Labute approximate surface area is 146 Å². The zero-order chi connectivity index (χ0) is 16.5. The highest BCUT2D eigenvalue weighted by atomic mass is 32.1. The molecule has 0 spiro atoms. The second kappa shape index (κ2) is 6.22. The van der Waals surface area contributed by atoms with Crippen LogP contribution < -0.4 is 5.32 Å². The Balaban J connectivity index is 1.51. The van der Waals surface area contributed by atoms with Crippen molar-refractivity contribution in [3.05, 3.63) is 64.0 Å². The van der Waals surface area contributed by atoms with E-state index in [-0.39, 0.29) is 11.9 Å². The van der Waals surface area contributed by atoms with E-state index in [1.165, 1.54) is 11.3 Å². The Morgan fingerprint density at radius 2 is 2.12 bits per heavy atom. The molecule has 0 saturated heterocycles. The number of benzene rings is 1. The smallest absolute Gasteiger partial charge is 0.271 e.